The van der Waals surface area contributed by atoms with Crippen molar-refractivity contribution in [3.05, 3.63) is 0 Å². The maximum atomic E-state index is 11.2. The quantitative estimate of drug-likeness (QED) is 0.530. The summed E-state index contributed by atoms with van der Waals surface area (Å²) in [7, 11) is 0. The number of esters is 1. The maximum Gasteiger partial charge on any atom is 0.396 e. The van der Waals surface area contributed by atoms with Crippen molar-refractivity contribution in [3.8, 4) is 0 Å². The molecule has 1 saturated carbocycles. The van der Waals surface area contributed by atoms with Crippen LogP contribution in [-0.2, 0) is 14.3 Å². The lowest BCUT2D eigenvalue weighted by atomic mass is 10.1. The number of hydrogen-bond acceptors (Lipinski definition) is 3. The molecule has 0 radical (unpaired) electrons. The summed E-state index contributed by atoms with van der Waals surface area (Å²) in [6.07, 6.45) is 3.20. The van der Waals surface area contributed by atoms with Gasteiger partial charge in [0.05, 0.1) is 6.61 Å². The Kier molecular flexibility index (Phi) is 3.92. The third-order valence-corrected chi connectivity index (χ3v) is 2.64. The second-order valence-electron chi connectivity index (χ2n) is 3.71. The van der Waals surface area contributed by atoms with Crippen LogP contribution >= 0.6 is 0 Å². The van der Waals surface area contributed by atoms with Crippen LogP contribution in [0.1, 0.15) is 33.1 Å². The minimum atomic E-state index is -0.772. The number of nitrogens with one attached hydrogen (secondary N) is 1. The van der Waals surface area contributed by atoms with Crippen LogP contribution in [0.2, 0.25) is 0 Å². The Labute approximate surface area is 84.0 Å². The third-order valence-electron chi connectivity index (χ3n) is 2.64. The van der Waals surface area contributed by atoms with E-state index in [-0.39, 0.29) is 12.6 Å². The molecule has 1 aliphatic rings. The van der Waals surface area contributed by atoms with Crippen LogP contribution in [0.5, 0.6) is 0 Å². The van der Waals surface area contributed by atoms with Gasteiger partial charge in [0.1, 0.15) is 0 Å². The molecular weight excluding hydrogens is 182 g/mol. The summed E-state index contributed by atoms with van der Waals surface area (Å²) in [4.78, 5) is 22.3. The fourth-order valence-electron chi connectivity index (χ4n) is 1.78. The van der Waals surface area contributed by atoms with E-state index >= 15 is 0 Å². The molecular formula is C10H17NO3. The Morgan fingerprint density at radius 3 is 2.64 bits per heavy atom. The van der Waals surface area contributed by atoms with Crippen LogP contribution in [0.25, 0.3) is 0 Å². The molecule has 2 atom stereocenters. The van der Waals surface area contributed by atoms with Gasteiger partial charge in [0.25, 0.3) is 0 Å². The third kappa shape index (κ3) is 2.72. The van der Waals surface area contributed by atoms with Crippen LogP contribution in [0.15, 0.2) is 0 Å². The topological polar surface area (TPSA) is 55.4 Å². The summed E-state index contributed by atoms with van der Waals surface area (Å²) in [5, 5.41) is 2.70. The Morgan fingerprint density at radius 1 is 1.43 bits per heavy atom. The molecule has 4 heteroatoms. The lowest BCUT2D eigenvalue weighted by Crippen LogP contribution is -2.41. The predicted octanol–water partition coefficient (Wildman–Crippen LogP) is 0.854. The van der Waals surface area contributed by atoms with Crippen molar-refractivity contribution in [1.29, 1.82) is 0 Å². The molecule has 2 unspecified atom stereocenters. The average molecular weight is 199 g/mol. The first-order valence-corrected chi connectivity index (χ1v) is 5.12. The van der Waals surface area contributed by atoms with Crippen molar-refractivity contribution in [2.24, 2.45) is 5.92 Å². The number of carbonyl (C=O) groups excluding carboxylic acids is 2. The Hall–Kier alpha value is -1.06. The SMILES string of the molecule is CCOC(=O)C(=O)NC1CCCC1C. The summed E-state index contributed by atoms with van der Waals surface area (Å²) in [6.45, 7) is 4.01. The van der Waals surface area contributed by atoms with E-state index in [0.717, 1.165) is 19.3 Å². The molecule has 1 amide bonds. The molecule has 0 aromatic heterocycles. The minimum absolute atomic E-state index is 0.145. The maximum absolute atomic E-state index is 11.2. The Bertz CT molecular complexity index is 227. The second kappa shape index (κ2) is 4.98. The number of carbonyl (C=O) groups is 2. The van der Waals surface area contributed by atoms with Crippen molar-refractivity contribution in [2.75, 3.05) is 6.61 Å². The van der Waals surface area contributed by atoms with Crippen molar-refractivity contribution < 1.29 is 14.3 Å². The van der Waals surface area contributed by atoms with Crippen LogP contribution in [0, 0.1) is 5.92 Å². The van der Waals surface area contributed by atoms with Gasteiger partial charge in [-0.2, -0.15) is 0 Å². The zero-order valence-electron chi connectivity index (χ0n) is 8.71. The zero-order chi connectivity index (χ0) is 10.6. The van der Waals surface area contributed by atoms with Crippen LogP contribution in [0.4, 0.5) is 0 Å². The molecule has 0 spiro atoms. The molecule has 1 fully saturated rings. The van der Waals surface area contributed by atoms with Crippen molar-refractivity contribution in [1.82, 2.24) is 5.32 Å². The molecule has 0 bridgehead atoms. The molecule has 1 N–H and O–H groups in total. The molecule has 1 aliphatic carbocycles. The van der Waals surface area contributed by atoms with Gasteiger partial charge >= 0.3 is 11.9 Å². The molecule has 0 aromatic carbocycles. The molecule has 4 nitrogen and oxygen atoms in total. The molecule has 0 aromatic rings. The molecule has 0 saturated heterocycles. The highest BCUT2D eigenvalue weighted by Gasteiger charge is 2.27. The molecule has 14 heavy (non-hydrogen) atoms. The van der Waals surface area contributed by atoms with Gasteiger partial charge in [-0.1, -0.05) is 13.3 Å². The molecule has 80 valence electrons. The highest BCUT2D eigenvalue weighted by atomic mass is 16.5. The van der Waals surface area contributed by atoms with E-state index in [1.807, 2.05) is 0 Å². The van der Waals surface area contributed by atoms with Gasteiger partial charge in [-0.15, -0.1) is 0 Å². The van der Waals surface area contributed by atoms with Crippen molar-refractivity contribution >= 4 is 11.9 Å². The van der Waals surface area contributed by atoms with E-state index in [0.29, 0.717) is 5.92 Å². The van der Waals surface area contributed by atoms with Crippen LogP contribution < -0.4 is 5.32 Å². The van der Waals surface area contributed by atoms with Crippen molar-refractivity contribution in [3.63, 3.8) is 0 Å². The summed E-state index contributed by atoms with van der Waals surface area (Å²) in [5.74, 6) is -0.912. The first kappa shape index (κ1) is 11.0. The lowest BCUT2D eigenvalue weighted by Gasteiger charge is -2.16. The van der Waals surface area contributed by atoms with Crippen LogP contribution in [-0.4, -0.2) is 24.5 Å². The summed E-state index contributed by atoms with van der Waals surface area (Å²) < 4.78 is 4.60. The van der Waals surface area contributed by atoms with E-state index in [4.69, 9.17) is 0 Å². The van der Waals surface area contributed by atoms with Gasteiger partial charge in [-0.05, 0) is 25.7 Å². The number of rotatable bonds is 2. The first-order valence-electron chi connectivity index (χ1n) is 5.12. The molecule has 1 rings (SSSR count). The normalized spacial score (nSPS) is 25.9. The number of hydrogen-bond donors (Lipinski definition) is 1. The van der Waals surface area contributed by atoms with Gasteiger partial charge in [0.15, 0.2) is 0 Å². The smallest absolute Gasteiger partial charge is 0.396 e. The summed E-state index contributed by atoms with van der Waals surface area (Å²) >= 11 is 0. The number of ether oxygens (including phenoxy) is 1. The zero-order valence-corrected chi connectivity index (χ0v) is 8.71. The highest BCUT2D eigenvalue weighted by Crippen LogP contribution is 2.24. The van der Waals surface area contributed by atoms with E-state index in [9.17, 15) is 9.59 Å². The average Bonchev–Trinajstić information content (AvgIpc) is 2.52. The lowest BCUT2D eigenvalue weighted by molar-refractivity contribution is -0.155. The highest BCUT2D eigenvalue weighted by molar-refractivity contribution is 6.32. The minimum Gasteiger partial charge on any atom is -0.459 e. The van der Waals surface area contributed by atoms with E-state index in [1.165, 1.54) is 0 Å². The van der Waals surface area contributed by atoms with Crippen molar-refractivity contribution in [2.45, 2.75) is 39.2 Å². The molecule has 0 aliphatic heterocycles. The molecule has 0 heterocycles. The Morgan fingerprint density at radius 2 is 2.14 bits per heavy atom. The number of amides is 1. The fourth-order valence-corrected chi connectivity index (χ4v) is 1.78. The largest absolute Gasteiger partial charge is 0.459 e. The van der Waals surface area contributed by atoms with E-state index < -0.39 is 11.9 Å². The second-order valence-corrected chi connectivity index (χ2v) is 3.71. The predicted molar refractivity (Wildman–Crippen MR) is 51.6 cm³/mol. The van der Waals surface area contributed by atoms with Crippen LogP contribution in [0.3, 0.4) is 0 Å². The van der Waals surface area contributed by atoms with E-state index in [2.05, 4.69) is 17.0 Å². The van der Waals surface area contributed by atoms with Gasteiger partial charge < -0.3 is 10.1 Å². The fraction of sp³-hybridized carbons (Fsp3) is 0.800. The summed E-state index contributed by atoms with van der Waals surface area (Å²) in [5.41, 5.74) is 0. The first-order chi connectivity index (χ1) is 6.65. The van der Waals surface area contributed by atoms with Gasteiger partial charge in [-0.25, -0.2) is 4.79 Å². The standard InChI is InChI=1S/C10H17NO3/c1-3-14-10(13)9(12)11-8-6-4-5-7(8)2/h7-8H,3-6H2,1-2H3,(H,11,12). The summed E-state index contributed by atoms with van der Waals surface area (Å²) in [6, 6.07) is 0.145. The Balaban J connectivity index is 2.36. The van der Waals surface area contributed by atoms with Gasteiger partial charge in [0.2, 0.25) is 0 Å². The van der Waals surface area contributed by atoms with Gasteiger partial charge in [-0.3, -0.25) is 4.79 Å². The van der Waals surface area contributed by atoms with Gasteiger partial charge in [0, 0.05) is 6.04 Å². The van der Waals surface area contributed by atoms with E-state index in [1.54, 1.807) is 6.92 Å². The monoisotopic (exact) mass is 199 g/mol.